The van der Waals surface area contributed by atoms with Gasteiger partial charge in [0, 0.05) is 38.3 Å². The third-order valence-electron chi connectivity index (χ3n) is 5.42. The molecule has 2 aliphatic rings. The average Bonchev–Trinajstić information content (AvgIpc) is 2.74. The maximum absolute atomic E-state index is 12.4. The lowest BCUT2D eigenvalue weighted by molar-refractivity contribution is -0.131. The van der Waals surface area contributed by atoms with Crippen molar-refractivity contribution in [1.82, 2.24) is 15.1 Å². The molecule has 2 amide bonds. The Balaban J connectivity index is 1.37. The third-order valence-corrected chi connectivity index (χ3v) is 5.42. The zero-order valence-electron chi connectivity index (χ0n) is 16.7. The first-order valence-electron chi connectivity index (χ1n) is 10.2. The topological polar surface area (TPSA) is 71.1 Å². The van der Waals surface area contributed by atoms with Crippen molar-refractivity contribution in [1.29, 1.82) is 0 Å². The molecule has 1 aromatic rings. The predicted molar refractivity (Wildman–Crippen MR) is 107 cm³/mol. The van der Waals surface area contributed by atoms with Crippen LogP contribution in [0, 0.1) is 5.92 Å². The van der Waals surface area contributed by atoms with E-state index in [1.807, 2.05) is 11.8 Å². The number of benzene rings is 1. The van der Waals surface area contributed by atoms with Gasteiger partial charge in [-0.05, 0) is 49.9 Å². The van der Waals surface area contributed by atoms with Gasteiger partial charge in [0.15, 0.2) is 0 Å². The van der Waals surface area contributed by atoms with Gasteiger partial charge < -0.3 is 19.7 Å². The molecule has 0 radical (unpaired) electrons. The number of carbonyl (C=O) groups is 2. The Hall–Kier alpha value is -2.12. The van der Waals surface area contributed by atoms with Crippen molar-refractivity contribution in [2.45, 2.75) is 19.8 Å². The highest BCUT2D eigenvalue weighted by atomic mass is 16.5. The molecule has 0 spiro atoms. The number of rotatable bonds is 7. The summed E-state index contributed by atoms with van der Waals surface area (Å²) in [6, 6.07) is 6.95. The summed E-state index contributed by atoms with van der Waals surface area (Å²) >= 11 is 0. The molecular weight excluding hydrogens is 358 g/mol. The summed E-state index contributed by atoms with van der Waals surface area (Å²) in [5, 5.41) is 2.73. The molecule has 0 saturated carbocycles. The van der Waals surface area contributed by atoms with Crippen LogP contribution in [0.1, 0.15) is 30.1 Å². The molecule has 0 bridgehead atoms. The van der Waals surface area contributed by atoms with Crippen molar-refractivity contribution in [2.75, 3.05) is 59.1 Å². The Labute approximate surface area is 167 Å². The minimum absolute atomic E-state index is 0.0101. The lowest BCUT2D eigenvalue weighted by Gasteiger charge is -2.36. The lowest BCUT2D eigenvalue weighted by atomic mass is 9.96. The maximum Gasteiger partial charge on any atom is 0.251 e. The first-order chi connectivity index (χ1) is 13.7. The van der Waals surface area contributed by atoms with E-state index in [0.717, 1.165) is 64.5 Å². The summed E-state index contributed by atoms with van der Waals surface area (Å²) in [6.45, 7) is 8.85. The molecule has 2 heterocycles. The number of carbonyl (C=O) groups excluding carboxylic acids is 2. The van der Waals surface area contributed by atoms with Crippen LogP contribution in [-0.2, 0) is 9.53 Å². The van der Waals surface area contributed by atoms with Crippen LogP contribution >= 0.6 is 0 Å². The summed E-state index contributed by atoms with van der Waals surface area (Å²) < 4.78 is 10.8. The molecule has 1 aromatic carbocycles. The number of likely N-dealkylation sites (tertiary alicyclic amines) is 1. The second-order valence-corrected chi connectivity index (χ2v) is 7.38. The van der Waals surface area contributed by atoms with E-state index in [1.165, 1.54) is 0 Å². The zero-order valence-corrected chi connectivity index (χ0v) is 16.7. The second-order valence-electron chi connectivity index (χ2n) is 7.38. The van der Waals surface area contributed by atoms with Crippen LogP contribution < -0.4 is 10.1 Å². The van der Waals surface area contributed by atoms with Crippen LogP contribution in [0.5, 0.6) is 5.75 Å². The van der Waals surface area contributed by atoms with E-state index < -0.39 is 0 Å². The van der Waals surface area contributed by atoms with Crippen molar-refractivity contribution in [3.63, 3.8) is 0 Å². The SMILES string of the molecule is CCOc1ccc(C(=O)NCC(=O)N2CCC(CN3CCOCC3)CC2)cc1. The van der Waals surface area contributed by atoms with E-state index in [2.05, 4.69) is 10.2 Å². The van der Waals surface area contributed by atoms with Crippen LogP contribution in [0.2, 0.25) is 0 Å². The lowest BCUT2D eigenvalue weighted by Crippen LogP contribution is -2.46. The standard InChI is InChI=1S/C21H31N3O4/c1-2-28-19-5-3-18(4-6-19)21(26)22-15-20(25)24-9-7-17(8-10-24)16-23-11-13-27-14-12-23/h3-6,17H,2,7-16H2,1H3,(H,22,26). The fourth-order valence-electron chi connectivity index (χ4n) is 3.75. The van der Waals surface area contributed by atoms with E-state index in [1.54, 1.807) is 24.3 Å². The molecule has 154 valence electrons. The molecule has 0 unspecified atom stereocenters. The Morgan fingerprint density at radius 1 is 1.11 bits per heavy atom. The number of morpholine rings is 1. The molecule has 7 nitrogen and oxygen atoms in total. The molecule has 28 heavy (non-hydrogen) atoms. The summed E-state index contributed by atoms with van der Waals surface area (Å²) in [5.41, 5.74) is 0.528. The molecule has 0 aromatic heterocycles. The highest BCUT2D eigenvalue weighted by Crippen LogP contribution is 2.19. The normalized spacial score (nSPS) is 18.7. The van der Waals surface area contributed by atoms with Crippen LogP contribution in [0.3, 0.4) is 0 Å². The number of amides is 2. The maximum atomic E-state index is 12.4. The summed E-state index contributed by atoms with van der Waals surface area (Å²) in [6.07, 6.45) is 2.05. The van der Waals surface area contributed by atoms with Crippen LogP contribution in [0.25, 0.3) is 0 Å². The average molecular weight is 389 g/mol. The molecule has 2 aliphatic heterocycles. The quantitative estimate of drug-likeness (QED) is 0.763. The Bertz CT molecular complexity index is 636. The molecule has 3 rings (SSSR count). The van der Waals surface area contributed by atoms with E-state index in [4.69, 9.17) is 9.47 Å². The highest BCUT2D eigenvalue weighted by Gasteiger charge is 2.25. The van der Waals surface area contributed by atoms with Gasteiger partial charge in [-0.3, -0.25) is 14.5 Å². The Morgan fingerprint density at radius 2 is 1.79 bits per heavy atom. The number of nitrogens with one attached hydrogen (secondary N) is 1. The first-order valence-corrected chi connectivity index (χ1v) is 10.2. The largest absolute Gasteiger partial charge is 0.494 e. The highest BCUT2D eigenvalue weighted by molar-refractivity contribution is 5.96. The van der Waals surface area contributed by atoms with Crippen molar-refractivity contribution >= 4 is 11.8 Å². The monoisotopic (exact) mass is 389 g/mol. The van der Waals surface area contributed by atoms with Crippen LogP contribution in [-0.4, -0.2) is 80.7 Å². The molecule has 0 aliphatic carbocycles. The minimum atomic E-state index is -0.237. The van der Waals surface area contributed by atoms with Gasteiger partial charge in [-0.2, -0.15) is 0 Å². The van der Waals surface area contributed by atoms with Gasteiger partial charge in [-0.1, -0.05) is 0 Å². The van der Waals surface area contributed by atoms with Gasteiger partial charge in [-0.15, -0.1) is 0 Å². The smallest absolute Gasteiger partial charge is 0.251 e. The zero-order chi connectivity index (χ0) is 19.8. The van der Waals surface area contributed by atoms with Crippen molar-refractivity contribution in [3.05, 3.63) is 29.8 Å². The Morgan fingerprint density at radius 3 is 2.43 bits per heavy atom. The number of ether oxygens (including phenoxy) is 2. The van der Waals surface area contributed by atoms with Gasteiger partial charge in [0.2, 0.25) is 5.91 Å². The van der Waals surface area contributed by atoms with Gasteiger partial charge in [0.05, 0.1) is 26.4 Å². The van der Waals surface area contributed by atoms with Crippen molar-refractivity contribution in [3.8, 4) is 5.75 Å². The first kappa shape index (κ1) is 20.6. The van der Waals surface area contributed by atoms with Gasteiger partial charge >= 0.3 is 0 Å². The molecule has 7 heteroatoms. The summed E-state index contributed by atoms with van der Waals surface area (Å²) in [5.74, 6) is 1.12. The fraction of sp³-hybridized carbons (Fsp3) is 0.619. The molecule has 2 fully saturated rings. The third kappa shape index (κ3) is 5.94. The van der Waals surface area contributed by atoms with Gasteiger partial charge in [0.25, 0.3) is 5.91 Å². The summed E-state index contributed by atoms with van der Waals surface area (Å²) in [7, 11) is 0. The van der Waals surface area contributed by atoms with Gasteiger partial charge in [0.1, 0.15) is 5.75 Å². The van der Waals surface area contributed by atoms with E-state index >= 15 is 0 Å². The number of hydrogen-bond acceptors (Lipinski definition) is 5. The van der Waals surface area contributed by atoms with E-state index in [-0.39, 0.29) is 18.4 Å². The Kier molecular flexibility index (Phi) is 7.68. The van der Waals surface area contributed by atoms with Crippen LogP contribution in [0.4, 0.5) is 0 Å². The summed E-state index contributed by atoms with van der Waals surface area (Å²) in [4.78, 5) is 29.0. The molecule has 0 atom stereocenters. The van der Waals surface area contributed by atoms with Crippen LogP contribution in [0.15, 0.2) is 24.3 Å². The molecular formula is C21H31N3O4. The second kappa shape index (κ2) is 10.4. The molecule has 1 N–H and O–H groups in total. The molecule has 2 saturated heterocycles. The van der Waals surface area contributed by atoms with Gasteiger partial charge in [-0.25, -0.2) is 0 Å². The fourth-order valence-corrected chi connectivity index (χ4v) is 3.75. The van der Waals surface area contributed by atoms with E-state index in [9.17, 15) is 9.59 Å². The van der Waals surface area contributed by atoms with Crippen molar-refractivity contribution < 1.29 is 19.1 Å². The van der Waals surface area contributed by atoms with Crippen molar-refractivity contribution in [2.24, 2.45) is 5.92 Å². The number of hydrogen-bond donors (Lipinski definition) is 1. The van der Waals surface area contributed by atoms with E-state index in [0.29, 0.717) is 18.1 Å². The number of piperidine rings is 1. The minimum Gasteiger partial charge on any atom is -0.494 e. The number of nitrogens with zero attached hydrogens (tertiary/aromatic N) is 2. The predicted octanol–water partition coefficient (Wildman–Crippen LogP) is 1.39.